The topological polar surface area (TPSA) is 85.2 Å². The maximum absolute atomic E-state index is 12.8. The summed E-state index contributed by atoms with van der Waals surface area (Å²) >= 11 is 1.29. The Hall–Kier alpha value is -1.74. The molecule has 1 saturated heterocycles. The largest absolute Gasteiger partial charge is 0.329 e. The van der Waals surface area contributed by atoms with Gasteiger partial charge in [-0.1, -0.05) is 0 Å². The first-order valence-electron chi connectivity index (χ1n) is 7.35. The summed E-state index contributed by atoms with van der Waals surface area (Å²) in [5, 5.41) is 4.21. The number of hydrogen-bond donors (Lipinski definition) is 0. The van der Waals surface area contributed by atoms with Crippen molar-refractivity contribution in [1.82, 2.24) is 19.7 Å². The van der Waals surface area contributed by atoms with Crippen LogP contribution >= 0.6 is 11.3 Å². The van der Waals surface area contributed by atoms with Crippen molar-refractivity contribution in [3.05, 3.63) is 34.0 Å². The molecule has 1 atom stereocenters. The van der Waals surface area contributed by atoms with Gasteiger partial charge in [0.05, 0.1) is 34.9 Å². The molecule has 0 aliphatic carbocycles. The molecular weight excluding hydrogens is 336 g/mol. The number of amides is 1. The molecule has 0 N–H and O–H groups in total. The molecule has 7 nitrogen and oxygen atoms in total. The molecule has 1 fully saturated rings. The zero-order valence-electron chi connectivity index (χ0n) is 13.0. The summed E-state index contributed by atoms with van der Waals surface area (Å²) < 4.78 is 25.8. The molecular formula is C14H18N4O3S2. The average Bonchev–Trinajstić information content (AvgIpc) is 3.14. The lowest BCUT2D eigenvalue weighted by atomic mass is 10.1. The number of hydrogen-bond acceptors (Lipinski definition) is 6. The van der Waals surface area contributed by atoms with E-state index in [9.17, 15) is 13.2 Å². The van der Waals surface area contributed by atoms with Crippen LogP contribution in [0.5, 0.6) is 0 Å². The van der Waals surface area contributed by atoms with E-state index in [-0.39, 0.29) is 24.0 Å². The smallest absolute Gasteiger partial charge is 0.266 e. The van der Waals surface area contributed by atoms with Crippen molar-refractivity contribution in [1.29, 1.82) is 0 Å². The van der Waals surface area contributed by atoms with Crippen LogP contribution in [0.15, 0.2) is 17.9 Å². The third-order valence-electron chi connectivity index (χ3n) is 3.99. The van der Waals surface area contributed by atoms with E-state index in [2.05, 4.69) is 10.1 Å². The van der Waals surface area contributed by atoms with Crippen LogP contribution in [0.3, 0.4) is 0 Å². The summed E-state index contributed by atoms with van der Waals surface area (Å²) in [7, 11) is -3.17. The number of thiazole rings is 1. The van der Waals surface area contributed by atoms with Crippen LogP contribution < -0.4 is 0 Å². The second-order valence-corrected chi connectivity index (χ2v) is 8.61. The van der Waals surface area contributed by atoms with Gasteiger partial charge in [-0.2, -0.15) is 5.10 Å². The van der Waals surface area contributed by atoms with Crippen LogP contribution in [0, 0.1) is 6.92 Å². The van der Waals surface area contributed by atoms with Crippen LogP contribution in [0.1, 0.15) is 33.9 Å². The van der Waals surface area contributed by atoms with Gasteiger partial charge < -0.3 is 4.90 Å². The number of aromatic nitrogens is 3. The van der Waals surface area contributed by atoms with Gasteiger partial charge in [0.15, 0.2) is 9.84 Å². The normalized spacial score (nSPS) is 20.6. The maximum atomic E-state index is 12.8. The number of carbonyl (C=O) groups is 1. The third-order valence-corrected chi connectivity index (χ3v) is 6.54. The molecule has 0 saturated carbocycles. The van der Waals surface area contributed by atoms with E-state index in [1.54, 1.807) is 28.2 Å². The average molecular weight is 354 g/mol. The highest BCUT2D eigenvalue weighted by molar-refractivity contribution is 7.91. The molecule has 2 aromatic heterocycles. The van der Waals surface area contributed by atoms with Crippen molar-refractivity contribution < 1.29 is 13.2 Å². The molecule has 0 radical (unpaired) electrons. The van der Waals surface area contributed by atoms with Gasteiger partial charge in [-0.15, -0.1) is 11.3 Å². The molecule has 3 heterocycles. The second kappa shape index (κ2) is 6.04. The van der Waals surface area contributed by atoms with Gasteiger partial charge in [-0.05, 0) is 13.8 Å². The van der Waals surface area contributed by atoms with Gasteiger partial charge in [-0.3, -0.25) is 9.48 Å². The Bertz CT molecular complexity index is 825. The van der Waals surface area contributed by atoms with E-state index in [1.165, 1.54) is 11.3 Å². The lowest BCUT2D eigenvalue weighted by Gasteiger charge is -2.34. The van der Waals surface area contributed by atoms with Gasteiger partial charge in [0.1, 0.15) is 4.88 Å². The maximum Gasteiger partial charge on any atom is 0.266 e. The predicted molar refractivity (Wildman–Crippen MR) is 87.2 cm³/mol. The van der Waals surface area contributed by atoms with Gasteiger partial charge in [0, 0.05) is 24.8 Å². The van der Waals surface area contributed by atoms with Crippen LogP contribution in [-0.2, 0) is 16.4 Å². The first kappa shape index (κ1) is 16.1. The first-order valence-corrected chi connectivity index (χ1v) is 10.0. The van der Waals surface area contributed by atoms with Crippen LogP contribution in [0.25, 0.3) is 0 Å². The summed E-state index contributed by atoms with van der Waals surface area (Å²) in [5.41, 5.74) is 3.06. The summed E-state index contributed by atoms with van der Waals surface area (Å²) in [6, 6.07) is -0.497. The summed E-state index contributed by atoms with van der Waals surface area (Å²) in [6.45, 7) is 4.63. The zero-order chi connectivity index (χ0) is 16.6. The van der Waals surface area contributed by atoms with Crippen molar-refractivity contribution in [2.24, 2.45) is 0 Å². The third kappa shape index (κ3) is 3.16. The summed E-state index contributed by atoms with van der Waals surface area (Å²) in [4.78, 5) is 19.1. The molecule has 1 aliphatic heterocycles. The first-order chi connectivity index (χ1) is 10.9. The van der Waals surface area contributed by atoms with E-state index in [1.807, 2.05) is 13.1 Å². The minimum atomic E-state index is -3.17. The van der Waals surface area contributed by atoms with E-state index < -0.39 is 15.9 Å². The van der Waals surface area contributed by atoms with Gasteiger partial charge in [0.25, 0.3) is 5.91 Å². The SMILES string of the molecule is CCn1cc([C@@H]2CS(=O)(=O)CCN2C(=O)c2scnc2C)cn1. The standard InChI is InChI=1S/C14H18N4O3S2/c1-3-17-7-11(6-16-17)12-8-23(20,21)5-4-18(12)14(19)13-10(2)15-9-22-13/h6-7,9,12H,3-5,8H2,1-2H3/t12-/m0/s1. The van der Waals surface area contributed by atoms with Crippen LogP contribution in [-0.4, -0.2) is 52.0 Å². The zero-order valence-corrected chi connectivity index (χ0v) is 14.6. The number of sulfone groups is 1. The Morgan fingerprint density at radius 1 is 1.48 bits per heavy atom. The summed E-state index contributed by atoms with van der Waals surface area (Å²) in [6.07, 6.45) is 3.46. The second-order valence-electron chi connectivity index (χ2n) is 5.52. The monoisotopic (exact) mass is 354 g/mol. The van der Waals surface area contributed by atoms with E-state index in [0.29, 0.717) is 17.1 Å². The molecule has 9 heteroatoms. The Balaban J connectivity index is 1.96. The lowest BCUT2D eigenvalue weighted by molar-refractivity contribution is 0.0701. The van der Waals surface area contributed by atoms with Crippen molar-refractivity contribution in [3.8, 4) is 0 Å². The lowest BCUT2D eigenvalue weighted by Crippen LogP contribution is -2.46. The van der Waals surface area contributed by atoms with Crippen LogP contribution in [0.4, 0.5) is 0 Å². The Labute approximate surface area is 138 Å². The minimum Gasteiger partial charge on any atom is -0.329 e. The van der Waals surface area contributed by atoms with Crippen molar-refractivity contribution in [2.75, 3.05) is 18.1 Å². The molecule has 0 unspecified atom stereocenters. The molecule has 1 aliphatic rings. The number of carbonyl (C=O) groups excluding carboxylic acids is 1. The molecule has 1 amide bonds. The van der Waals surface area contributed by atoms with Gasteiger partial charge in [-0.25, -0.2) is 13.4 Å². The Morgan fingerprint density at radius 3 is 2.87 bits per heavy atom. The highest BCUT2D eigenvalue weighted by atomic mass is 32.2. The molecule has 0 bridgehead atoms. The summed E-state index contributed by atoms with van der Waals surface area (Å²) in [5.74, 6) is -0.227. The molecule has 0 aromatic carbocycles. The Kier molecular flexibility index (Phi) is 4.24. The fourth-order valence-electron chi connectivity index (χ4n) is 2.69. The number of nitrogens with zero attached hydrogens (tertiary/aromatic N) is 4. The fourth-order valence-corrected chi connectivity index (χ4v) is 4.94. The van der Waals surface area contributed by atoms with Crippen molar-refractivity contribution in [2.45, 2.75) is 26.4 Å². The van der Waals surface area contributed by atoms with E-state index in [0.717, 1.165) is 5.56 Å². The van der Waals surface area contributed by atoms with Crippen molar-refractivity contribution in [3.63, 3.8) is 0 Å². The molecule has 0 spiro atoms. The minimum absolute atomic E-state index is 0.00495. The Morgan fingerprint density at radius 2 is 2.26 bits per heavy atom. The molecule has 23 heavy (non-hydrogen) atoms. The predicted octanol–water partition coefficient (Wildman–Crippen LogP) is 1.28. The molecule has 124 valence electrons. The van der Waals surface area contributed by atoms with E-state index >= 15 is 0 Å². The number of aryl methyl sites for hydroxylation is 2. The highest BCUT2D eigenvalue weighted by Crippen LogP contribution is 2.29. The fraction of sp³-hybridized carbons (Fsp3) is 0.500. The molecule has 3 rings (SSSR count). The van der Waals surface area contributed by atoms with E-state index in [4.69, 9.17) is 0 Å². The quantitative estimate of drug-likeness (QED) is 0.829. The highest BCUT2D eigenvalue weighted by Gasteiger charge is 2.37. The van der Waals surface area contributed by atoms with Gasteiger partial charge in [0.2, 0.25) is 0 Å². The molecule has 2 aromatic rings. The number of rotatable bonds is 3. The van der Waals surface area contributed by atoms with Crippen molar-refractivity contribution >= 4 is 27.1 Å². The van der Waals surface area contributed by atoms with Crippen LogP contribution in [0.2, 0.25) is 0 Å². The van der Waals surface area contributed by atoms with Gasteiger partial charge >= 0.3 is 0 Å².